The summed E-state index contributed by atoms with van der Waals surface area (Å²) in [7, 11) is 0. The maximum Gasteiger partial charge on any atom is 0.233 e. The van der Waals surface area contributed by atoms with Gasteiger partial charge in [0.15, 0.2) is 0 Å². The standard InChI is InChI=1S/C17H17Cl2NOS/c1-2-16(22-15-9-7-14(19)8-10-15)17(21)20-11-12-3-5-13(18)6-4-12/h3-10,16H,2,11H2,1H3,(H,20,21)/t16-/m0/s1. The van der Waals surface area contributed by atoms with Crippen molar-refractivity contribution in [2.45, 2.75) is 30.0 Å². The number of rotatable bonds is 6. The Morgan fingerprint density at radius 3 is 2.14 bits per heavy atom. The second-order valence-corrected chi connectivity index (χ2v) is 6.96. The molecule has 5 heteroatoms. The van der Waals surface area contributed by atoms with E-state index in [2.05, 4.69) is 5.32 Å². The van der Waals surface area contributed by atoms with Gasteiger partial charge in [0.2, 0.25) is 5.91 Å². The van der Waals surface area contributed by atoms with Gasteiger partial charge in [0.25, 0.3) is 0 Å². The van der Waals surface area contributed by atoms with Gasteiger partial charge in [-0.25, -0.2) is 0 Å². The largest absolute Gasteiger partial charge is 0.351 e. The Kier molecular flexibility index (Phi) is 6.62. The lowest BCUT2D eigenvalue weighted by molar-refractivity contribution is -0.120. The van der Waals surface area contributed by atoms with Gasteiger partial charge in [0, 0.05) is 21.5 Å². The summed E-state index contributed by atoms with van der Waals surface area (Å²) in [6.07, 6.45) is 0.764. The maximum absolute atomic E-state index is 12.3. The van der Waals surface area contributed by atoms with Crippen LogP contribution >= 0.6 is 35.0 Å². The van der Waals surface area contributed by atoms with Crippen LogP contribution in [0.15, 0.2) is 53.4 Å². The third-order valence-electron chi connectivity index (χ3n) is 3.14. The molecule has 116 valence electrons. The molecule has 2 aromatic carbocycles. The number of hydrogen-bond acceptors (Lipinski definition) is 2. The first-order valence-electron chi connectivity index (χ1n) is 7.03. The van der Waals surface area contributed by atoms with Crippen LogP contribution in [-0.4, -0.2) is 11.2 Å². The fourth-order valence-corrected chi connectivity index (χ4v) is 3.14. The summed E-state index contributed by atoms with van der Waals surface area (Å²) in [4.78, 5) is 13.3. The molecule has 0 saturated carbocycles. The summed E-state index contributed by atoms with van der Waals surface area (Å²) in [5.74, 6) is 0.0393. The van der Waals surface area contributed by atoms with Crippen LogP contribution in [0.5, 0.6) is 0 Å². The van der Waals surface area contributed by atoms with Gasteiger partial charge >= 0.3 is 0 Å². The zero-order valence-electron chi connectivity index (χ0n) is 12.2. The number of nitrogens with one attached hydrogen (secondary N) is 1. The molecule has 0 bridgehead atoms. The summed E-state index contributed by atoms with van der Waals surface area (Å²) >= 11 is 13.3. The minimum absolute atomic E-state index is 0.0393. The maximum atomic E-state index is 12.3. The number of carbonyl (C=O) groups excluding carboxylic acids is 1. The van der Waals surface area contributed by atoms with Crippen LogP contribution in [0.3, 0.4) is 0 Å². The quantitative estimate of drug-likeness (QED) is 0.724. The molecule has 0 aromatic heterocycles. The molecule has 0 spiro atoms. The predicted octanol–water partition coefficient (Wildman–Crippen LogP) is 5.18. The first-order valence-corrected chi connectivity index (χ1v) is 8.66. The van der Waals surface area contributed by atoms with Crippen molar-refractivity contribution in [1.29, 1.82) is 0 Å². The van der Waals surface area contributed by atoms with Gasteiger partial charge in [0.1, 0.15) is 0 Å². The molecule has 0 fully saturated rings. The van der Waals surface area contributed by atoms with Gasteiger partial charge in [-0.15, -0.1) is 11.8 Å². The van der Waals surface area contributed by atoms with E-state index in [1.54, 1.807) is 11.8 Å². The lowest BCUT2D eigenvalue weighted by atomic mass is 10.2. The average molecular weight is 354 g/mol. The van der Waals surface area contributed by atoms with Gasteiger partial charge in [0.05, 0.1) is 5.25 Å². The molecule has 0 heterocycles. The Labute approximate surface area is 145 Å². The summed E-state index contributed by atoms with van der Waals surface area (Å²) < 4.78 is 0. The highest BCUT2D eigenvalue weighted by Crippen LogP contribution is 2.26. The van der Waals surface area contributed by atoms with E-state index in [4.69, 9.17) is 23.2 Å². The van der Waals surface area contributed by atoms with E-state index in [0.717, 1.165) is 16.9 Å². The Bertz CT molecular complexity index is 614. The number of hydrogen-bond donors (Lipinski definition) is 1. The SMILES string of the molecule is CC[C@H](Sc1ccc(Cl)cc1)C(=O)NCc1ccc(Cl)cc1. The van der Waals surface area contributed by atoms with E-state index >= 15 is 0 Å². The third-order valence-corrected chi connectivity index (χ3v) is 5.02. The van der Waals surface area contributed by atoms with Crippen LogP contribution in [0.2, 0.25) is 10.0 Å². The summed E-state index contributed by atoms with van der Waals surface area (Å²) in [6.45, 7) is 2.52. The van der Waals surface area contributed by atoms with Crippen LogP contribution in [0.1, 0.15) is 18.9 Å². The van der Waals surface area contributed by atoms with Crippen LogP contribution in [0.25, 0.3) is 0 Å². The van der Waals surface area contributed by atoms with E-state index < -0.39 is 0 Å². The fraction of sp³-hybridized carbons (Fsp3) is 0.235. The van der Waals surface area contributed by atoms with Crippen molar-refractivity contribution in [3.63, 3.8) is 0 Å². The molecular formula is C17H17Cl2NOS. The van der Waals surface area contributed by atoms with Crippen molar-refractivity contribution in [3.8, 4) is 0 Å². The molecule has 1 N–H and O–H groups in total. The number of thioether (sulfide) groups is 1. The molecule has 0 aliphatic heterocycles. The van der Waals surface area contributed by atoms with Gasteiger partial charge in [-0.05, 0) is 48.4 Å². The number of carbonyl (C=O) groups is 1. The summed E-state index contributed by atoms with van der Waals surface area (Å²) in [6, 6.07) is 15.0. The van der Waals surface area contributed by atoms with Crippen molar-refractivity contribution >= 4 is 40.9 Å². The molecule has 2 rings (SSSR count). The molecule has 1 amide bonds. The topological polar surface area (TPSA) is 29.1 Å². The molecular weight excluding hydrogens is 337 g/mol. The minimum Gasteiger partial charge on any atom is -0.351 e. The van der Waals surface area contributed by atoms with Crippen LogP contribution in [0.4, 0.5) is 0 Å². The van der Waals surface area contributed by atoms with E-state index in [9.17, 15) is 4.79 Å². The van der Waals surface area contributed by atoms with Gasteiger partial charge in [-0.2, -0.15) is 0 Å². The molecule has 2 nitrogen and oxygen atoms in total. The number of halogens is 2. The van der Waals surface area contributed by atoms with Crippen molar-refractivity contribution < 1.29 is 4.79 Å². The Morgan fingerprint density at radius 1 is 1.05 bits per heavy atom. The normalized spacial score (nSPS) is 12.0. The Morgan fingerprint density at radius 2 is 1.59 bits per heavy atom. The van der Waals surface area contributed by atoms with Crippen molar-refractivity contribution in [2.24, 2.45) is 0 Å². The molecule has 22 heavy (non-hydrogen) atoms. The van der Waals surface area contributed by atoms with E-state index in [1.807, 2.05) is 55.5 Å². The lowest BCUT2D eigenvalue weighted by Gasteiger charge is -2.15. The monoisotopic (exact) mass is 353 g/mol. The van der Waals surface area contributed by atoms with Crippen LogP contribution in [-0.2, 0) is 11.3 Å². The van der Waals surface area contributed by atoms with Gasteiger partial charge < -0.3 is 5.32 Å². The number of benzene rings is 2. The molecule has 0 radical (unpaired) electrons. The first kappa shape index (κ1) is 17.2. The first-order chi connectivity index (χ1) is 10.6. The van der Waals surface area contributed by atoms with Crippen LogP contribution in [0, 0.1) is 0 Å². The molecule has 1 atom stereocenters. The van der Waals surface area contributed by atoms with E-state index in [-0.39, 0.29) is 11.2 Å². The van der Waals surface area contributed by atoms with E-state index in [0.29, 0.717) is 16.6 Å². The predicted molar refractivity (Wildman–Crippen MR) is 94.7 cm³/mol. The molecule has 0 aliphatic rings. The summed E-state index contributed by atoms with van der Waals surface area (Å²) in [5.41, 5.74) is 1.03. The van der Waals surface area contributed by atoms with Crippen molar-refractivity contribution in [1.82, 2.24) is 5.32 Å². The smallest absolute Gasteiger partial charge is 0.233 e. The third kappa shape index (κ3) is 5.24. The highest BCUT2D eigenvalue weighted by molar-refractivity contribution is 8.00. The zero-order valence-corrected chi connectivity index (χ0v) is 14.5. The number of amides is 1. The van der Waals surface area contributed by atoms with Crippen molar-refractivity contribution in [3.05, 3.63) is 64.1 Å². The lowest BCUT2D eigenvalue weighted by Crippen LogP contribution is -2.31. The second-order valence-electron chi connectivity index (χ2n) is 4.81. The fourth-order valence-electron chi connectivity index (χ4n) is 1.90. The second kappa shape index (κ2) is 8.47. The minimum atomic E-state index is -0.117. The average Bonchev–Trinajstić information content (AvgIpc) is 2.53. The molecule has 0 saturated heterocycles. The zero-order chi connectivity index (χ0) is 15.9. The van der Waals surface area contributed by atoms with Gasteiger partial charge in [-0.3, -0.25) is 4.79 Å². The van der Waals surface area contributed by atoms with Crippen LogP contribution < -0.4 is 5.32 Å². The molecule has 0 aliphatic carbocycles. The Balaban J connectivity index is 1.91. The highest BCUT2D eigenvalue weighted by atomic mass is 35.5. The van der Waals surface area contributed by atoms with Crippen molar-refractivity contribution in [2.75, 3.05) is 0 Å². The summed E-state index contributed by atoms with van der Waals surface area (Å²) in [5, 5.41) is 4.25. The molecule has 0 unspecified atom stereocenters. The van der Waals surface area contributed by atoms with Gasteiger partial charge in [-0.1, -0.05) is 42.3 Å². The Hall–Kier alpha value is -1.16. The highest BCUT2D eigenvalue weighted by Gasteiger charge is 2.17. The molecule has 2 aromatic rings. The van der Waals surface area contributed by atoms with E-state index in [1.165, 1.54) is 0 Å².